The van der Waals surface area contributed by atoms with E-state index in [9.17, 15) is 0 Å². The summed E-state index contributed by atoms with van der Waals surface area (Å²) in [7, 11) is -0.892. The number of ether oxygens (including phenoxy) is 1. The van der Waals surface area contributed by atoms with E-state index in [-0.39, 0.29) is 0 Å². The molecule has 1 rings (SSSR count). The third-order valence-corrected chi connectivity index (χ3v) is 4.54. The number of rotatable bonds is 5. The van der Waals surface area contributed by atoms with E-state index < -0.39 is 8.07 Å². The molecule has 0 bridgehead atoms. The fourth-order valence-electron chi connectivity index (χ4n) is 1.32. The summed E-state index contributed by atoms with van der Waals surface area (Å²) in [6.45, 7) is 8.03. The second-order valence-electron chi connectivity index (χ2n) is 4.97. The van der Waals surface area contributed by atoms with Crippen LogP contribution in [0.25, 0.3) is 0 Å². The zero-order valence-corrected chi connectivity index (χ0v) is 12.3. The molecule has 0 aromatic heterocycles. The van der Waals surface area contributed by atoms with Crippen LogP contribution >= 0.6 is 15.9 Å². The summed E-state index contributed by atoms with van der Waals surface area (Å²) >= 11 is 3.40. The van der Waals surface area contributed by atoms with E-state index in [2.05, 4.69) is 35.6 Å². The lowest BCUT2D eigenvalue weighted by atomic mass is 10.3. The van der Waals surface area contributed by atoms with Gasteiger partial charge in [-0.2, -0.15) is 0 Å². The molecule has 0 saturated carbocycles. The SMILES string of the molecule is C[Si](C)(C)CCCOc1ccc(Br)cc1. The molecule has 84 valence electrons. The molecular formula is C12H19BrOSi. The Balaban J connectivity index is 2.23. The summed E-state index contributed by atoms with van der Waals surface area (Å²) in [5.74, 6) is 0.966. The van der Waals surface area contributed by atoms with E-state index in [0.717, 1.165) is 16.8 Å². The molecule has 1 aromatic rings. The maximum Gasteiger partial charge on any atom is 0.119 e. The van der Waals surface area contributed by atoms with Crippen LogP contribution in [-0.4, -0.2) is 14.7 Å². The molecule has 0 atom stereocenters. The molecule has 3 heteroatoms. The van der Waals surface area contributed by atoms with Crippen molar-refractivity contribution in [1.82, 2.24) is 0 Å². The van der Waals surface area contributed by atoms with Crippen LogP contribution in [0.5, 0.6) is 5.75 Å². The van der Waals surface area contributed by atoms with Gasteiger partial charge in [0, 0.05) is 12.5 Å². The summed E-state index contributed by atoms with van der Waals surface area (Å²) in [4.78, 5) is 0. The molecule has 0 heterocycles. The average Bonchev–Trinajstić information content (AvgIpc) is 2.14. The average molecular weight is 287 g/mol. The standard InChI is InChI=1S/C12H19BrOSi/c1-15(2,3)10-4-9-14-12-7-5-11(13)6-8-12/h5-8H,4,9-10H2,1-3H3. The van der Waals surface area contributed by atoms with Crippen LogP contribution in [0.15, 0.2) is 28.7 Å². The third-order valence-electron chi connectivity index (χ3n) is 2.15. The minimum absolute atomic E-state index is 0.839. The molecule has 0 amide bonds. The fourth-order valence-corrected chi connectivity index (χ4v) is 2.79. The van der Waals surface area contributed by atoms with Crippen molar-refractivity contribution in [3.8, 4) is 5.75 Å². The molecule has 0 fully saturated rings. The van der Waals surface area contributed by atoms with Gasteiger partial charge >= 0.3 is 0 Å². The molecule has 0 radical (unpaired) electrons. The molecule has 0 spiro atoms. The first-order valence-corrected chi connectivity index (χ1v) is 9.86. The molecule has 0 N–H and O–H groups in total. The van der Waals surface area contributed by atoms with Crippen LogP contribution in [0, 0.1) is 0 Å². The van der Waals surface area contributed by atoms with Crippen LogP contribution in [0.3, 0.4) is 0 Å². The summed E-state index contributed by atoms with van der Waals surface area (Å²) in [6, 6.07) is 9.35. The Morgan fingerprint density at radius 3 is 2.27 bits per heavy atom. The van der Waals surface area contributed by atoms with Gasteiger partial charge in [0.1, 0.15) is 5.75 Å². The van der Waals surface area contributed by atoms with Crippen molar-refractivity contribution in [1.29, 1.82) is 0 Å². The van der Waals surface area contributed by atoms with Crippen LogP contribution in [0.1, 0.15) is 6.42 Å². The lowest BCUT2D eigenvalue weighted by molar-refractivity contribution is 0.316. The topological polar surface area (TPSA) is 9.23 Å². The maximum atomic E-state index is 5.66. The quantitative estimate of drug-likeness (QED) is 0.570. The van der Waals surface area contributed by atoms with Gasteiger partial charge in [0.15, 0.2) is 0 Å². The van der Waals surface area contributed by atoms with Gasteiger partial charge in [-0.05, 0) is 30.7 Å². The number of hydrogen-bond acceptors (Lipinski definition) is 1. The highest BCUT2D eigenvalue weighted by atomic mass is 79.9. The highest BCUT2D eigenvalue weighted by molar-refractivity contribution is 9.10. The smallest absolute Gasteiger partial charge is 0.119 e. The van der Waals surface area contributed by atoms with Crippen LogP contribution in [0.4, 0.5) is 0 Å². The number of hydrogen-bond donors (Lipinski definition) is 0. The Morgan fingerprint density at radius 2 is 1.73 bits per heavy atom. The van der Waals surface area contributed by atoms with Gasteiger partial charge in [0.25, 0.3) is 0 Å². The fraction of sp³-hybridized carbons (Fsp3) is 0.500. The van der Waals surface area contributed by atoms with E-state index in [1.807, 2.05) is 24.3 Å². The minimum Gasteiger partial charge on any atom is -0.494 e. The number of halogens is 1. The highest BCUT2D eigenvalue weighted by Crippen LogP contribution is 2.17. The zero-order valence-electron chi connectivity index (χ0n) is 9.72. The first-order valence-electron chi connectivity index (χ1n) is 5.36. The van der Waals surface area contributed by atoms with Gasteiger partial charge in [0.05, 0.1) is 6.61 Å². The Bertz CT molecular complexity index is 289. The normalized spacial score (nSPS) is 11.5. The van der Waals surface area contributed by atoms with E-state index in [0.29, 0.717) is 0 Å². The first-order chi connectivity index (χ1) is 6.97. The molecule has 0 aliphatic heterocycles. The van der Waals surface area contributed by atoms with Gasteiger partial charge in [-0.1, -0.05) is 41.6 Å². The Hall–Kier alpha value is -0.283. The summed E-state index contributed by atoms with van der Waals surface area (Å²) in [5, 5.41) is 0. The van der Waals surface area contributed by atoms with E-state index in [1.54, 1.807) is 0 Å². The van der Waals surface area contributed by atoms with Gasteiger partial charge < -0.3 is 4.74 Å². The number of benzene rings is 1. The third kappa shape index (κ3) is 6.00. The molecule has 0 saturated heterocycles. The predicted octanol–water partition coefficient (Wildman–Crippen LogP) is 4.56. The van der Waals surface area contributed by atoms with Gasteiger partial charge in [-0.3, -0.25) is 0 Å². The lowest BCUT2D eigenvalue weighted by Crippen LogP contribution is -2.19. The Morgan fingerprint density at radius 1 is 1.13 bits per heavy atom. The van der Waals surface area contributed by atoms with Gasteiger partial charge in [0.2, 0.25) is 0 Å². The predicted molar refractivity (Wildman–Crippen MR) is 72.4 cm³/mol. The van der Waals surface area contributed by atoms with E-state index in [1.165, 1.54) is 12.5 Å². The maximum absolute atomic E-state index is 5.66. The molecule has 15 heavy (non-hydrogen) atoms. The van der Waals surface area contributed by atoms with Crippen molar-refractivity contribution in [2.24, 2.45) is 0 Å². The van der Waals surface area contributed by atoms with Crippen molar-refractivity contribution in [3.63, 3.8) is 0 Å². The van der Waals surface area contributed by atoms with Gasteiger partial charge in [-0.25, -0.2) is 0 Å². The van der Waals surface area contributed by atoms with Crippen LogP contribution in [0.2, 0.25) is 25.7 Å². The largest absolute Gasteiger partial charge is 0.494 e. The second kappa shape index (κ2) is 5.71. The minimum atomic E-state index is -0.892. The van der Waals surface area contributed by atoms with Crippen molar-refractivity contribution in [3.05, 3.63) is 28.7 Å². The van der Waals surface area contributed by atoms with Crippen molar-refractivity contribution in [2.75, 3.05) is 6.61 Å². The van der Waals surface area contributed by atoms with Gasteiger partial charge in [-0.15, -0.1) is 0 Å². The molecular weight excluding hydrogens is 268 g/mol. The molecule has 0 aliphatic carbocycles. The Labute approximate surface area is 102 Å². The van der Waals surface area contributed by atoms with Crippen molar-refractivity contribution >= 4 is 24.0 Å². The Kier molecular flexibility index (Phi) is 4.86. The molecule has 0 unspecified atom stereocenters. The summed E-state index contributed by atoms with van der Waals surface area (Å²) in [6.07, 6.45) is 1.17. The monoisotopic (exact) mass is 286 g/mol. The van der Waals surface area contributed by atoms with Crippen molar-refractivity contribution in [2.45, 2.75) is 32.1 Å². The molecule has 1 aromatic carbocycles. The van der Waals surface area contributed by atoms with Crippen LogP contribution < -0.4 is 4.74 Å². The molecule has 1 nitrogen and oxygen atoms in total. The van der Waals surface area contributed by atoms with E-state index in [4.69, 9.17) is 4.74 Å². The zero-order chi connectivity index (χ0) is 11.3. The highest BCUT2D eigenvalue weighted by Gasteiger charge is 2.11. The molecule has 0 aliphatic rings. The lowest BCUT2D eigenvalue weighted by Gasteiger charge is -2.15. The van der Waals surface area contributed by atoms with Crippen LogP contribution in [-0.2, 0) is 0 Å². The van der Waals surface area contributed by atoms with E-state index >= 15 is 0 Å². The van der Waals surface area contributed by atoms with Crippen molar-refractivity contribution < 1.29 is 4.74 Å². The summed E-state index contributed by atoms with van der Waals surface area (Å²) in [5.41, 5.74) is 0. The first kappa shape index (κ1) is 12.8. The second-order valence-corrected chi connectivity index (χ2v) is 11.5. The summed E-state index contributed by atoms with van der Waals surface area (Å²) < 4.78 is 6.75.